The highest BCUT2D eigenvalue weighted by atomic mass is 35.5. The molecule has 8 nitrogen and oxygen atoms in total. The monoisotopic (exact) mass is 531 g/mol. The molecule has 35 heavy (non-hydrogen) atoms. The molecule has 2 atom stereocenters. The van der Waals surface area contributed by atoms with Crippen LogP contribution >= 0.6 is 23.7 Å². The van der Waals surface area contributed by atoms with Gasteiger partial charge in [-0.2, -0.15) is 24.5 Å². The van der Waals surface area contributed by atoms with Crippen LogP contribution < -0.4 is 5.73 Å². The Balaban J connectivity index is 0.00000342. The Labute approximate surface area is 210 Å². The molecule has 0 radical (unpaired) electrons. The van der Waals surface area contributed by atoms with Crippen molar-refractivity contribution in [3.05, 3.63) is 33.8 Å². The molecule has 1 fully saturated rings. The number of rotatable bonds is 5. The van der Waals surface area contributed by atoms with Gasteiger partial charge in [0.1, 0.15) is 0 Å². The molecule has 2 aromatic heterocycles. The van der Waals surface area contributed by atoms with Gasteiger partial charge in [0.2, 0.25) is 17.7 Å². The van der Waals surface area contributed by atoms with Gasteiger partial charge >= 0.3 is 6.18 Å². The molecule has 2 aliphatic rings. The number of nitrogens with zero attached hydrogens (tertiary/aromatic N) is 4. The number of aromatic nitrogens is 2. The second-order valence-electron chi connectivity index (χ2n) is 8.64. The zero-order valence-corrected chi connectivity index (χ0v) is 20.5. The Morgan fingerprint density at radius 3 is 2.69 bits per heavy atom. The second-order valence-corrected chi connectivity index (χ2v) is 9.42. The van der Waals surface area contributed by atoms with Gasteiger partial charge in [-0.1, -0.05) is 6.92 Å². The van der Waals surface area contributed by atoms with Gasteiger partial charge < -0.3 is 10.6 Å². The summed E-state index contributed by atoms with van der Waals surface area (Å²) in [5.74, 6) is -1.29. The first-order valence-corrected chi connectivity index (χ1v) is 11.9. The van der Waals surface area contributed by atoms with Crippen molar-refractivity contribution in [3.63, 3.8) is 0 Å². The van der Waals surface area contributed by atoms with Crippen molar-refractivity contribution in [1.29, 1.82) is 0 Å². The Morgan fingerprint density at radius 1 is 1.29 bits per heavy atom. The molecular formula is C22H25ClF3N5O3S. The Hall–Kier alpha value is -2.57. The minimum absolute atomic E-state index is 0. The lowest BCUT2D eigenvalue weighted by Crippen LogP contribution is -2.50. The molecule has 1 unspecified atom stereocenters. The van der Waals surface area contributed by atoms with Crippen LogP contribution in [0.2, 0.25) is 0 Å². The summed E-state index contributed by atoms with van der Waals surface area (Å²) >= 11 is 1.32. The Kier molecular flexibility index (Phi) is 8.17. The zero-order valence-electron chi connectivity index (χ0n) is 18.9. The van der Waals surface area contributed by atoms with Crippen LogP contribution in [0.25, 0.3) is 11.4 Å². The number of alkyl halides is 3. The molecule has 2 aromatic rings. The van der Waals surface area contributed by atoms with Gasteiger partial charge in [0.15, 0.2) is 11.5 Å². The van der Waals surface area contributed by atoms with E-state index in [1.54, 1.807) is 23.8 Å². The van der Waals surface area contributed by atoms with Crippen molar-refractivity contribution >= 4 is 41.5 Å². The van der Waals surface area contributed by atoms with Gasteiger partial charge in [0.05, 0.1) is 12.2 Å². The van der Waals surface area contributed by atoms with Gasteiger partial charge in [-0.25, -0.2) is 9.97 Å². The van der Waals surface area contributed by atoms with Crippen LogP contribution in [0.3, 0.4) is 0 Å². The van der Waals surface area contributed by atoms with E-state index in [-0.39, 0.29) is 92.0 Å². The summed E-state index contributed by atoms with van der Waals surface area (Å²) in [4.78, 5) is 47.9. The van der Waals surface area contributed by atoms with Gasteiger partial charge in [0.25, 0.3) is 0 Å². The molecule has 2 aliphatic heterocycles. The van der Waals surface area contributed by atoms with Crippen molar-refractivity contribution in [2.24, 2.45) is 11.7 Å². The lowest BCUT2D eigenvalue weighted by atomic mass is 9.97. The first kappa shape index (κ1) is 27.0. The van der Waals surface area contributed by atoms with Crippen LogP contribution in [-0.2, 0) is 33.5 Å². The van der Waals surface area contributed by atoms with Crippen LogP contribution in [0.5, 0.6) is 0 Å². The molecule has 4 rings (SSSR count). The molecule has 3 amide bonds. The van der Waals surface area contributed by atoms with E-state index in [2.05, 4.69) is 9.97 Å². The molecule has 4 heterocycles. The molecule has 0 aromatic carbocycles. The number of nitrogens with two attached hydrogens (primary N) is 1. The molecule has 1 saturated heterocycles. The summed E-state index contributed by atoms with van der Waals surface area (Å²) in [5.41, 5.74) is 5.74. The number of hydrogen-bond donors (Lipinski definition) is 1. The van der Waals surface area contributed by atoms with Gasteiger partial charge in [-0.05, 0) is 24.3 Å². The fraction of sp³-hybridized carbons (Fsp3) is 0.500. The Morgan fingerprint density at radius 2 is 2.03 bits per heavy atom. The van der Waals surface area contributed by atoms with E-state index < -0.39 is 17.9 Å². The van der Waals surface area contributed by atoms with Crippen molar-refractivity contribution in [3.8, 4) is 11.4 Å². The number of likely N-dealkylation sites (tertiary alicyclic amines) is 1. The zero-order chi connectivity index (χ0) is 24.6. The number of fused-ring (bicyclic) bond motifs is 1. The average Bonchev–Trinajstić information content (AvgIpc) is 3.32. The van der Waals surface area contributed by atoms with Crippen molar-refractivity contribution < 1.29 is 27.6 Å². The summed E-state index contributed by atoms with van der Waals surface area (Å²) < 4.78 is 41.1. The van der Waals surface area contributed by atoms with E-state index >= 15 is 0 Å². The second kappa shape index (κ2) is 10.6. The van der Waals surface area contributed by atoms with E-state index in [0.717, 1.165) is 4.90 Å². The normalized spacial score (nSPS) is 19.3. The van der Waals surface area contributed by atoms with Gasteiger partial charge in [-0.15, -0.1) is 12.4 Å². The molecule has 0 aliphatic carbocycles. The minimum Gasteiger partial charge on any atom is -0.336 e. The van der Waals surface area contributed by atoms with Crippen LogP contribution in [0, 0.1) is 5.92 Å². The summed E-state index contributed by atoms with van der Waals surface area (Å²) in [6, 6.07) is 0.867. The average molecular weight is 532 g/mol. The van der Waals surface area contributed by atoms with E-state index in [9.17, 15) is 27.6 Å². The van der Waals surface area contributed by atoms with Crippen molar-refractivity contribution in [2.75, 3.05) is 13.1 Å². The maximum atomic E-state index is 13.7. The summed E-state index contributed by atoms with van der Waals surface area (Å²) in [6.07, 6.45) is -4.07. The lowest BCUT2D eigenvalue weighted by molar-refractivity contribution is -0.152. The Bertz CT molecular complexity index is 1110. The minimum atomic E-state index is -4.64. The van der Waals surface area contributed by atoms with Crippen LogP contribution in [0.1, 0.15) is 43.1 Å². The molecule has 13 heteroatoms. The molecule has 0 saturated carbocycles. The van der Waals surface area contributed by atoms with Crippen LogP contribution in [-0.4, -0.2) is 56.6 Å². The van der Waals surface area contributed by atoms with Crippen LogP contribution in [0.15, 0.2) is 16.8 Å². The quantitative estimate of drug-likeness (QED) is 0.594. The maximum absolute atomic E-state index is 13.7. The number of carbonyl (C=O) groups excluding carboxylic acids is 3. The lowest BCUT2D eigenvalue weighted by Gasteiger charge is -2.32. The van der Waals surface area contributed by atoms with Crippen molar-refractivity contribution in [2.45, 2.75) is 51.4 Å². The third-order valence-corrected chi connectivity index (χ3v) is 6.78. The highest BCUT2D eigenvalue weighted by Gasteiger charge is 2.39. The predicted molar refractivity (Wildman–Crippen MR) is 124 cm³/mol. The number of imide groups is 1. The number of amides is 3. The first-order valence-electron chi connectivity index (χ1n) is 10.9. The third kappa shape index (κ3) is 5.81. The van der Waals surface area contributed by atoms with E-state index in [1.807, 2.05) is 0 Å². The fourth-order valence-electron chi connectivity index (χ4n) is 4.23. The fourth-order valence-corrected chi connectivity index (χ4v) is 4.86. The standard InChI is InChI=1S/C22H24F3N5O3S.ClH/c1-12-2-3-17(31)30(21(12)33)9-14(26)8-18(32)29-6-4-15-16(10-29)27-20(13-5-7-34-11-13)28-19(15)22(23,24)25;/h5,7,11-12,14H,2-4,6,8-10,26H2,1H3;1H/t12?,14-;/m0./s1. The number of hydrogen-bond acceptors (Lipinski definition) is 7. The highest BCUT2D eigenvalue weighted by Crippen LogP contribution is 2.35. The smallest absolute Gasteiger partial charge is 0.336 e. The topological polar surface area (TPSA) is 109 Å². The first-order chi connectivity index (χ1) is 16.0. The van der Waals surface area contributed by atoms with Crippen molar-refractivity contribution in [1.82, 2.24) is 19.8 Å². The van der Waals surface area contributed by atoms with E-state index in [4.69, 9.17) is 5.73 Å². The number of piperidine rings is 1. The largest absolute Gasteiger partial charge is 0.433 e. The van der Waals surface area contributed by atoms with Crippen LogP contribution in [0.4, 0.5) is 13.2 Å². The van der Waals surface area contributed by atoms with E-state index in [1.165, 1.54) is 16.2 Å². The number of halogens is 4. The molecule has 2 N–H and O–H groups in total. The highest BCUT2D eigenvalue weighted by molar-refractivity contribution is 7.08. The number of carbonyl (C=O) groups is 3. The van der Waals surface area contributed by atoms with E-state index in [0.29, 0.717) is 12.0 Å². The summed E-state index contributed by atoms with van der Waals surface area (Å²) in [5, 5.41) is 3.39. The SMILES string of the molecule is CC1CCC(=O)N(C[C@@H](N)CC(=O)N2CCc3c(nc(-c4ccsc4)nc3C(F)(F)F)C2)C1=O.Cl. The van der Waals surface area contributed by atoms with Gasteiger partial charge in [0, 0.05) is 54.4 Å². The summed E-state index contributed by atoms with van der Waals surface area (Å²) in [7, 11) is 0. The third-order valence-electron chi connectivity index (χ3n) is 6.10. The van der Waals surface area contributed by atoms with Gasteiger partial charge in [-0.3, -0.25) is 19.3 Å². The predicted octanol–water partition coefficient (Wildman–Crippen LogP) is 3.03. The molecular weight excluding hydrogens is 507 g/mol. The number of thiophene rings is 1. The maximum Gasteiger partial charge on any atom is 0.433 e. The molecule has 0 spiro atoms. The summed E-state index contributed by atoms with van der Waals surface area (Å²) in [6.45, 7) is 1.65. The molecule has 0 bridgehead atoms. The molecule has 190 valence electrons.